The lowest BCUT2D eigenvalue weighted by Gasteiger charge is -2.18. The molecule has 28 heavy (non-hydrogen) atoms. The Morgan fingerprint density at radius 2 is 1.61 bits per heavy atom. The van der Waals surface area contributed by atoms with Gasteiger partial charge >= 0.3 is 5.97 Å². The second-order valence-electron chi connectivity index (χ2n) is 7.20. The number of hydrogen-bond donors (Lipinski definition) is 3. The third kappa shape index (κ3) is 6.28. The lowest BCUT2D eigenvalue weighted by atomic mass is 10.0. The van der Waals surface area contributed by atoms with E-state index < -0.39 is 18.2 Å². The summed E-state index contributed by atoms with van der Waals surface area (Å²) in [6.45, 7) is 6.56. The summed E-state index contributed by atoms with van der Waals surface area (Å²) >= 11 is 0. The number of aryl methyl sites for hydroxylation is 2. The zero-order chi connectivity index (χ0) is 20.9. The topological polar surface area (TPSA) is 105 Å². The van der Waals surface area contributed by atoms with E-state index in [1.165, 1.54) is 0 Å². The number of rotatable bonds is 8. The van der Waals surface area contributed by atoms with E-state index in [-0.39, 0.29) is 12.5 Å². The molecule has 0 aromatic heterocycles. The quantitative estimate of drug-likeness (QED) is 0.643. The molecule has 0 saturated carbocycles. The van der Waals surface area contributed by atoms with E-state index in [0.717, 1.165) is 0 Å². The lowest BCUT2D eigenvalue weighted by molar-refractivity contribution is -0.139. The van der Waals surface area contributed by atoms with Gasteiger partial charge in [0.25, 0.3) is 5.91 Å². The maximum atomic E-state index is 12.5. The summed E-state index contributed by atoms with van der Waals surface area (Å²) in [7, 11) is 0. The van der Waals surface area contributed by atoms with Crippen molar-refractivity contribution >= 4 is 17.6 Å². The molecule has 0 bridgehead atoms. The molecule has 0 aliphatic carbocycles. The number of benzene rings is 2. The van der Waals surface area contributed by atoms with Crippen molar-refractivity contribution in [3.8, 4) is 11.5 Å². The molecule has 0 unspecified atom stereocenters. The van der Waals surface area contributed by atoms with Gasteiger partial charge in [0.2, 0.25) is 0 Å². The molecule has 0 spiro atoms. The van der Waals surface area contributed by atoms with Gasteiger partial charge in [-0.1, -0.05) is 0 Å². The van der Waals surface area contributed by atoms with Crippen molar-refractivity contribution in [3.05, 3.63) is 53.1 Å². The summed E-state index contributed by atoms with van der Waals surface area (Å²) in [5, 5.41) is 21.2. The maximum absolute atomic E-state index is 12.5. The molecule has 0 atom stereocenters. The molecule has 0 aliphatic rings. The van der Waals surface area contributed by atoms with Crippen LogP contribution in [0.4, 0.5) is 5.69 Å². The highest BCUT2D eigenvalue weighted by atomic mass is 16.5. The number of nitrogens with one attached hydrogen (secondary N) is 1. The van der Waals surface area contributed by atoms with Crippen molar-refractivity contribution in [3.63, 3.8) is 0 Å². The monoisotopic (exact) mass is 387 g/mol. The zero-order valence-electron chi connectivity index (χ0n) is 16.4. The molecule has 0 fully saturated rings. The first-order valence-corrected chi connectivity index (χ1v) is 8.77. The minimum atomic E-state index is -1.06. The van der Waals surface area contributed by atoms with Crippen molar-refractivity contribution in [1.29, 1.82) is 0 Å². The van der Waals surface area contributed by atoms with Crippen molar-refractivity contribution in [2.45, 2.75) is 33.3 Å². The van der Waals surface area contributed by atoms with E-state index in [9.17, 15) is 14.7 Å². The minimum Gasteiger partial charge on any atom is -0.491 e. The second kappa shape index (κ2) is 8.75. The van der Waals surface area contributed by atoms with Crippen molar-refractivity contribution in [2.24, 2.45) is 0 Å². The number of carbonyl (C=O) groups is 2. The number of aliphatic carboxylic acids is 1. The number of amides is 1. The summed E-state index contributed by atoms with van der Waals surface area (Å²) in [5.74, 6) is -0.296. The third-order valence-electron chi connectivity index (χ3n) is 3.77. The van der Waals surface area contributed by atoms with E-state index in [1.54, 1.807) is 64.1 Å². The Balaban J connectivity index is 2.05. The predicted molar refractivity (Wildman–Crippen MR) is 105 cm³/mol. The number of carbonyl (C=O) groups excluding carboxylic acids is 1. The summed E-state index contributed by atoms with van der Waals surface area (Å²) < 4.78 is 10.8. The van der Waals surface area contributed by atoms with Gasteiger partial charge in [-0.3, -0.25) is 4.79 Å². The van der Waals surface area contributed by atoms with Crippen LogP contribution in [0.5, 0.6) is 11.5 Å². The minimum absolute atomic E-state index is 0.160. The Bertz CT molecular complexity index is 829. The van der Waals surface area contributed by atoms with Crippen LogP contribution in [0.1, 0.15) is 35.3 Å². The molecule has 150 valence electrons. The Labute approximate surface area is 163 Å². The molecule has 1 amide bonds. The van der Waals surface area contributed by atoms with Crippen LogP contribution < -0.4 is 14.8 Å². The molecule has 0 saturated heterocycles. The van der Waals surface area contributed by atoms with Crippen LogP contribution in [0, 0.1) is 13.8 Å². The van der Waals surface area contributed by atoms with E-state index in [4.69, 9.17) is 14.6 Å². The second-order valence-corrected chi connectivity index (χ2v) is 7.20. The van der Waals surface area contributed by atoms with Crippen LogP contribution in [0.3, 0.4) is 0 Å². The summed E-state index contributed by atoms with van der Waals surface area (Å²) in [4.78, 5) is 23.2. The largest absolute Gasteiger partial charge is 0.491 e. The molecule has 0 heterocycles. The normalized spacial score (nSPS) is 11.0. The van der Waals surface area contributed by atoms with E-state index in [1.807, 2.05) is 0 Å². The molecular formula is C21H25NO6. The Kier molecular flexibility index (Phi) is 6.64. The van der Waals surface area contributed by atoms with Gasteiger partial charge in [0.05, 0.1) is 5.60 Å². The van der Waals surface area contributed by atoms with Crippen LogP contribution in [-0.2, 0) is 4.79 Å². The van der Waals surface area contributed by atoms with Gasteiger partial charge in [0, 0.05) is 11.3 Å². The summed E-state index contributed by atoms with van der Waals surface area (Å²) in [6.07, 6.45) is 0. The van der Waals surface area contributed by atoms with Crippen LogP contribution in [-0.4, -0.2) is 40.9 Å². The summed E-state index contributed by atoms with van der Waals surface area (Å²) in [6, 6.07) is 10.1. The van der Waals surface area contributed by atoms with E-state index in [2.05, 4.69) is 5.32 Å². The third-order valence-corrected chi connectivity index (χ3v) is 3.77. The Hall–Kier alpha value is -3.06. The lowest BCUT2D eigenvalue weighted by Crippen LogP contribution is -2.27. The number of hydrogen-bond acceptors (Lipinski definition) is 5. The molecular weight excluding hydrogens is 362 g/mol. The Morgan fingerprint density at radius 3 is 2.11 bits per heavy atom. The van der Waals surface area contributed by atoms with Crippen LogP contribution in [0.15, 0.2) is 36.4 Å². The van der Waals surface area contributed by atoms with Crippen molar-refractivity contribution < 1.29 is 29.3 Å². The highest BCUT2D eigenvalue weighted by Crippen LogP contribution is 2.25. The molecule has 0 radical (unpaired) electrons. The number of aliphatic hydroxyl groups is 1. The molecule has 2 rings (SSSR count). The average Bonchev–Trinajstić information content (AvgIpc) is 2.59. The smallest absolute Gasteiger partial charge is 0.341 e. The van der Waals surface area contributed by atoms with Gasteiger partial charge in [-0.05, 0) is 75.2 Å². The first-order chi connectivity index (χ1) is 13.0. The molecule has 2 aromatic carbocycles. The average molecular weight is 387 g/mol. The van der Waals surface area contributed by atoms with Crippen molar-refractivity contribution in [1.82, 2.24) is 0 Å². The SMILES string of the molecule is Cc1cc(C(=O)Nc2ccc(OCC(C)(C)O)cc2)cc(C)c1OCC(=O)O. The van der Waals surface area contributed by atoms with Gasteiger partial charge in [0.15, 0.2) is 6.61 Å². The standard InChI is InChI=1S/C21H25NO6/c1-13-9-15(10-14(2)19(13)27-11-18(23)24)20(25)22-16-5-7-17(8-6-16)28-12-21(3,4)26/h5-10,26H,11-12H2,1-4H3,(H,22,25)(H,23,24). The zero-order valence-corrected chi connectivity index (χ0v) is 16.4. The first kappa shape index (κ1) is 21.2. The molecule has 0 aliphatic heterocycles. The van der Waals surface area contributed by atoms with Gasteiger partial charge in [-0.15, -0.1) is 0 Å². The van der Waals surface area contributed by atoms with Gasteiger partial charge in [-0.25, -0.2) is 4.79 Å². The van der Waals surface area contributed by atoms with Crippen LogP contribution in [0.2, 0.25) is 0 Å². The number of carboxylic acids is 1. The van der Waals surface area contributed by atoms with Gasteiger partial charge in [0.1, 0.15) is 18.1 Å². The number of ether oxygens (including phenoxy) is 2. The van der Waals surface area contributed by atoms with Gasteiger partial charge in [-0.2, -0.15) is 0 Å². The number of carboxylic acid groups (broad SMARTS) is 1. The molecule has 2 aromatic rings. The fraction of sp³-hybridized carbons (Fsp3) is 0.333. The highest BCUT2D eigenvalue weighted by molar-refractivity contribution is 6.04. The molecule has 7 heteroatoms. The van der Waals surface area contributed by atoms with Crippen LogP contribution in [0.25, 0.3) is 0 Å². The molecule has 7 nitrogen and oxygen atoms in total. The fourth-order valence-electron chi connectivity index (χ4n) is 2.54. The van der Waals surface area contributed by atoms with E-state index >= 15 is 0 Å². The molecule has 3 N–H and O–H groups in total. The van der Waals surface area contributed by atoms with Gasteiger partial charge < -0.3 is 25.0 Å². The van der Waals surface area contributed by atoms with E-state index in [0.29, 0.717) is 33.9 Å². The number of anilines is 1. The summed E-state index contributed by atoms with van der Waals surface area (Å²) in [5.41, 5.74) is 1.48. The highest BCUT2D eigenvalue weighted by Gasteiger charge is 2.14. The first-order valence-electron chi connectivity index (χ1n) is 8.77. The predicted octanol–water partition coefficient (Wildman–Crippen LogP) is 3.17. The Morgan fingerprint density at radius 1 is 1.04 bits per heavy atom. The van der Waals surface area contributed by atoms with Crippen LogP contribution >= 0.6 is 0 Å². The fourth-order valence-corrected chi connectivity index (χ4v) is 2.54. The van der Waals surface area contributed by atoms with Crippen molar-refractivity contribution in [2.75, 3.05) is 18.5 Å². The maximum Gasteiger partial charge on any atom is 0.341 e.